The number of hydrogen-bond acceptors (Lipinski definition) is 3. The SMILES string of the molecule is CCc1ccc(C(=O)N2CC[C@@]3(O)CCN(C(=O)N(C)C)C[C@H]3C2)[nH]1. The highest BCUT2D eigenvalue weighted by molar-refractivity contribution is 5.92. The van der Waals surface area contributed by atoms with Gasteiger partial charge >= 0.3 is 6.03 Å². The molecule has 2 atom stereocenters. The first-order valence-electron chi connectivity index (χ1n) is 9.00. The fourth-order valence-electron chi connectivity index (χ4n) is 3.89. The molecule has 138 valence electrons. The van der Waals surface area contributed by atoms with Crippen molar-refractivity contribution in [3.8, 4) is 0 Å². The van der Waals surface area contributed by atoms with Crippen LogP contribution in [0, 0.1) is 5.92 Å². The number of hydrogen-bond donors (Lipinski definition) is 2. The van der Waals surface area contributed by atoms with Gasteiger partial charge in [0.25, 0.3) is 5.91 Å². The second kappa shape index (κ2) is 6.71. The standard InChI is InChI=1S/C18H28N4O3/c1-4-14-5-6-15(19-14)16(23)21-9-7-18(25)8-10-22(12-13(18)11-21)17(24)20(2)3/h5-6,13,19,25H,4,7-12H2,1-3H3/t13-,18-/m1/s1. The van der Waals surface area contributed by atoms with Gasteiger partial charge in [-0.2, -0.15) is 0 Å². The molecule has 0 aromatic carbocycles. The molecule has 3 rings (SSSR count). The summed E-state index contributed by atoms with van der Waals surface area (Å²) in [7, 11) is 3.47. The number of carbonyl (C=O) groups is 2. The Bertz CT molecular complexity index is 657. The van der Waals surface area contributed by atoms with Crippen LogP contribution in [0.15, 0.2) is 12.1 Å². The van der Waals surface area contributed by atoms with Gasteiger partial charge in [-0.15, -0.1) is 0 Å². The summed E-state index contributed by atoms with van der Waals surface area (Å²) < 4.78 is 0. The number of aliphatic hydroxyl groups is 1. The number of aromatic nitrogens is 1. The molecule has 1 aromatic rings. The summed E-state index contributed by atoms with van der Waals surface area (Å²) in [5.74, 6) is -0.138. The summed E-state index contributed by atoms with van der Waals surface area (Å²) in [5, 5.41) is 10.9. The van der Waals surface area contributed by atoms with Crippen molar-refractivity contribution >= 4 is 11.9 Å². The molecule has 0 aliphatic carbocycles. The number of fused-ring (bicyclic) bond motifs is 1. The van der Waals surface area contributed by atoms with Gasteiger partial charge in [-0.1, -0.05) is 6.92 Å². The van der Waals surface area contributed by atoms with Gasteiger partial charge in [0.05, 0.1) is 5.60 Å². The molecule has 3 heterocycles. The Morgan fingerprint density at radius 3 is 2.48 bits per heavy atom. The van der Waals surface area contributed by atoms with E-state index in [2.05, 4.69) is 4.98 Å². The fraction of sp³-hybridized carbons (Fsp3) is 0.667. The Kier molecular flexibility index (Phi) is 4.77. The molecule has 0 saturated carbocycles. The molecule has 2 aliphatic heterocycles. The van der Waals surface area contributed by atoms with Crippen LogP contribution in [0.4, 0.5) is 4.79 Å². The van der Waals surface area contributed by atoms with E-state index in [1.54, 1.807) is 28.8 Å². The van der Waals surface area contributed by atoms with Crippen molar-refractivity contribution in [1.82, 2.24) is 19.7 Å². The molecule has 2 fully saturated rings. The van der Waals surface area contributed by atoms with Crippen LogP contribution in [0.1, 0.15) is 35.9 Å². The van der Waals surface area contributed by atoms with E-state index in [-0.39, 0.29) is 17.9 Å². The molecule has 1 aromatic heterocycles. The van der Waals surface area contributed by atoms with Gasteiger partial charge in [0.1, 0.15) is 5.69 Å². The molecule has 7 heteroatoms. The summed E-state index contributed by atoms with van der Waals surface area (Å²) in [6.07, 6.45) is 1.99. The van der Waals surface area contributed by atoms with Gasteiger partial charge in [-0.3, -0.25) is 4.79 Å². The number of nitrogens with zero attached hydrogens (tertiary/aromatic N) is 3. The van der Waals surface area contributed by atoms with E-state index in [1.807, 2.05) is 19.1 Å². The van der Waals surface area contributed by atoms with Crippen molar-refractivity contribution in [2.24, 2.45) is 5.92 Å². The Morgan fingerprint density at radius 1 is 1.24 bits per heavy atom. The van der Waals surface area contributed by atoms with Crippen LogP contribution in [0.5, 0.6) is 0 Å². The highest BCUT2D eigenvalue weighted by Gasteiger charge is 2.47. The number of likely N-dealkylation sites (tertiary alicyclic amines) is 2. The maximum atomic E-state index is 12.8. The Labute approximate surface area is 148 Å². The lowest BCUT2D eigenvalue weighted by Crippen LogP contribution is -2.62. The Hall–Kier alpha value is -2.02. The van der Waals surface area contributed by atoms with Crippen LogP contribution in [0.2, 0.25) is 0 Å². The largest absolute Gasteiger partial charge is 0.389 e. The molecule has 0 bridgehead atoms. The molecular formula is C18H28N4O3. The van der Waals surface area contributed by atoms with Crippen molar-refractivity contribution in [2.45, 2.75) is 31.8 Å². The third kappa shape index (κ3) is 3.38. The van der Waals surface area contributed by atoms with Gasteiger partial charge < -0.3 is 24.8 Å². The van der Waals surface area contributed by atoms with Crippen LogP contribution in [-0.2, 0) is 6.42 Å². The second-order valence-electron chi connectivity index (χ2n) is 7.43. The maximum Gasteiger partial charge on any atom is 0.319 e. The number of amides is 3. The summed E-state index contributed by atoms with van der Waals surface area (Å²) in [6.45, 7) is 4.12. The Balaban J connectivity index is 1.70. The number of aryl methyl sites for hydroxylation is 1. The van der Waals surface area contributed by atoms with Crippen LogP contribution >= 0.6 is 0 Å². The zero-order valence-electron chi connectivity index (χ0n) is 15.3. The van der Waals surface area contributed by atoms with Gasteiger partial charge in [0.2, 0.25) is 0 Å². The predicted octanol–water partition coefficient (Wildman–Crippen LogP) is 1.16. The summed E-state index contributed by atoms with van der Waals surface area (Å²) >= 11 is 0. The summed E-state index contributed by atoms with van der Waals surface area (Å²) in [4.78, 5) is 33.3. The van der Waals surface area contributed by atoms with E-state index < -0.39 is 5.60 Å². The topological polar surface area (TPSA) is 79.9 Å². The molecule has 2 saturated heterocycles. The third-order valence-corrected chi connectivity index (χ3v) is 5.57. The highest BCUT2D eigenvalue weighted by atomic mass is 16.3. The van der Waals surface area contributed by atoms with E-state index in [0.717, 1.165) is 12.1 Å². The molecule has 0 unspecified atom stereocenters. The van der Waals surface area contributed by atoms with Crippen molar-refractivity contribution in [2.75, 3.05) is 40.3 Å². The van der Waals surface area contributed by atoms with Gasteiger partial charge in [-0.25, -0.2) is 4.79 Å². The lowest BCUT2D eigenvalue weighted by Gasteiger charge is -2.50. The molecule has 2 aliphatic rings. The first kappa shape index (κ1) is 17.8. The quantitative estimate of drug-likeness (QED) is 0.842. The molecule has 2 N–H and O–H groups in total. The lowest BCUT2D eigenvalue weighted by molar-refractivity contribution is -0.101. The van der Waals surface area contributed by atoms with Gasteiger partial charge in [-0.05, 0) is 31.4 Å². The van der Waals surface area contributed by atoms with Crippen LogP contribution in [-0.4, -0.2) is 82.6 Å². The van der Waals surface area contributed by atoms with E-state index in [9.17, 15) is 14.7 Å². The second-order valence-corrected chi connectivity index (χ2v) is 7.43. The van der Waals surface area contributed by atoms with E-state index in [0.29, 0.717) is 44.7 Å². The van der Waals surface area contributed by atoms with E-state index in [4.69, 9.17) is 0 Å². The molecule has 0 radical (unpaired) electrons. The third-order valence-electron chi connectivity index (χ3n) is 5.57. The highest BCUT2D eigenvalue weighted by Crippen LogP contribution is 2.36. The molecule has 25 heavy (non-hydrogen) atoms. The van der Waals surface area contributed by atoms with Crippen molar-refractivity contribution in [1.29, 1.82) is 0 Å². The smallest absolute Gasteiger partial charge is 0.319 e. The predicted molar refractivity (Wildman–Crippen MR) is 94.4 cm³/mol. The number of carbonyl (C=O) groups excluding carboxylic acids is 2. The zero-order valence-corrected chi connectivity index (χ0v) is 15.3. The Morgan fingerprint density at radius 2 is 1.88 bits per heavy atom. The van der Waals surface area contributed by atoms with Crippen LogP contribution < -0.4 is 0 Å². The van der Waals surface area contributed by atoms with Gasteiger partial charge in [0.15, 0.2) is 0 Å². The number of urea groups is 1. The number of H-pyrrole nitrogens is 1. The molecule has 7 nitrogen and oxygen atoms in total. The number of nitrogens with one attached hydrogen (secondary N) is 1. The van der Waals surface area contributed by atoms with E-state index >= 15 is 0 Å². The zero-order chi connectivity index (χ0) is 18.2. The van der Waals surface area contributed by atoms with Crippen LogP contribution in [0.3, 0.4) is 0 Å². The summed E-state index contributed by atoms with van der Waals surface area (Å²) in [6, 6.07) is 3.72. The minimum absolute atomic E-state index is 0.0298. The minimum atomic E-state index is -0.774. The molecule has 0 spiro atoms. The normalized spacial score (nSPS) is 26.3. The van der Waals surface area contributed by atoms with Crippen molar-refractivity contribution in [3.05, 3.63) is 23.5 Å². The fourth-order valence-corrected chi connectivity index (χ4v) is 3.89. The monoisotopic (exact) mass is 348 g/mol. The van der Waals surface area contributed by atoms with E-state index in [1.165, 1.54) is 0 Å². The summed E-state index contributed by atoms with van der Waals surface area (Å²) in [5.41, 5.74) is 0.862. The van der Waals surface area contributed by atoms with Crippen molar-refractivity contribution in [3.63, 3.8) is 0 Å². The first-order chi connectivity index (χ1) is 11.8. The minimum Gasteiger partial charge on any atom is -0.389 e. The number of aromatic amines is 1. The first-order valence-corrected chi connectivity index (χ1v) is 9.00. The molecular weight excluding hydrogens is 320 g/mol. The van der Waals surface area contributed by atoms with Crippen LogP contribution in [0.25, 0.3) is 0 Å². The number of piperidine rings is 2. The maximum absolute atomic E-state index is 12.8. The lowest BCUT2D eigenvalue weighted by atomic mass is 9.75. The van der Waals surface area contributed by atoms with Gasteiger partial charge in [0, 0.05) is 51.9 Å². The molecule has 3 amide bonds. The van der Waals surface area contributed by atoms with Crippen molar-refractivity contribution < 1.29 is 14.7 Å². The average molecular weight is 348 g/mol. The number of rotatable bonds is 2. The average Bonchev–Trinajstić information content (AvgIpc) is 3.08.